The lowest BCUT2D eigenvalue weighted by atomic mass is 10.2. The Bertz CT molecular complexity index is 624. The maximum Gasteiger partial charge on any atom is 0.0718 e. The standard InChI is InChI=1S/C31H56O11/c1-2-3-9-32-10-11-33-12-13-34-14-15-35-16-17-36-18-19-37-20-21-38-22-23-39-24-25-40-26-27-41-28-29-42-30-31-7-5-4-6-8-31/h4-8H,2-3,9-30H2,1H3. The smallest absolute Gasteiger partial charge is 0.0718 e. The predicted molar refractivity (Wildman–Crippen MR) is 159 cm³/mol. The number of hydrogen-bond acceptors (Lipinski definition) is 11. The van der Waals surface area contributed by atoms with Crippen LogP contribution in [0.3, 0.4) is 0 Å². The van der Waals surface area contributed by atoms with Gasteiger partial charge >= 0.3 is 0 Å². The molecule has 0 aliphatic heterocycles. The summed E-state index contributed by atoms with van der Waals surface area (Å²) in [6.07, 6.45) is 2.24. The first-order valence-electron chi connectivity index (χ1n) is 15.3. The molecular weight excluding hydrogens is 548 g/mol. The van der Waals surface area contributed by atoms with Gasteiger partial charge in [0.25, 0.3) is 0 Å². The molecule has 0 aromatic heterocycles. The first kappa shape index (κ1) is 38.8. The molecule has 246 valence electrons. The Balaban J connectivity index is 1.61. The van der Waals surface area contributed by atoms with Gasteiger partial charge in [0.15, 0.2) is 0 Å². The Morgan fingerprint density at radius 2 is 0.595 bits per heavy atom. The molecule has 1 aromatic rings. The van der Waals surface area contributed by atoms with Crippen LogP contribution in [0.5, 0.6) is 0 Å². The lowest BCUT2D eigenvalue weighted by Gasteiger charge is -2.09. The normalized spacial score (nSPS) is 11.5. The number of unbranched alkanes of at least 4 members (excludes halogenated alkanes) is 1. The van der Waals surface area contributed by atoms with Crippen molar-refractivity contribution >= 4 is 0 Å². The van der Waals surface area contributed by atoms with E-state index in [1.165, 1.54) is 0 Å². The van der Waals surface area contributed by atoms with Gasteiger partial charge in [-0.05, 0) is 12.0 Å². The zero-order chi connectivity index (χ0) is 29.9. The van der Waals surface area contributed by atoms with Crippen LogP contribution in [0.1, 0.15) is 25.3 Å². The van der Waals surface area contributed by atoms with E-state index in [1.807, 2.05) is 30.3 Å². The van der Waals surface area contributed by atoms with Gasteiger partial charge < -0.3 is 52.1 Å². The van der Waals surface area contributed by atoms with Crippen molar-refractivity contribution in [3.05, 3.63) is 35.9 Å². The molecule has 0 atom stereocenters. The van der Waals surface area contributed by atoms with Gasteiger partial charge in [-0.2, -0.15) is 0 Å². The Morgan fingerprint density at radius 3 is 0.881 bits per heavy atom. The van der Waals surface area contributed by atoms with Crippen LogP contribution in [-0.4, -0.2) is 139 Å². The molecule has 0 N–H and O–H groups in total. The van der Waals surface area contributed by atoms with Gasteiger partial charge in [-0.1, -0.05) is 43.7 Å². The van der Waals surface area contributed by atoms with Crippen LogP contribution in [0.4, 0.5) is 0 Å². The molecule has 0 fully saturated rings. The van der Waals surface area contributed by atoms with Crippen molar-refractivity contribution in [2.45, 2.75) is 26.4 Å². The highest BCUT2D eigenvalue weighted by atomic mass is 16.6. The van der Waals surface area contributed by atoms with Crippen LogP contribution >= 0.6 is 0 Å². The van der Waals surface area contributed by atoms with Crippen molar-refractivity contribution in [1.29, 1.82) is 0 Å². The molecule has 11 heteroatoms. The van der Waals surface area contributed by atoms with Crippen LogP contribution in [0.25, 0.3) is 0 Å². The molecule has 0 spiro atoms. The van der Waals surface area contributed by atoms with E-state index in [9.17, 15) is 0 Å². The molecule has 0 aliphatic carbocycles. The second-order valence-electron chi connectivity index (χ2n) is 9.02. The van der Waals surface area contributed by atoms with E-state index in [-0.39, 0.29) is 0 Å². The fourth-order valence-corrected chi connectivity index (χ4v) is 3.21. The third-order valence-corrected chi connectivity index (χ3v) is 5.47. The quantitative estimate of drug-likeness (QED) is 0.107. The van der Waals surface area contributed by atoms with Crippen LogP contribution < -0.4 is 0 Å². The lowest BCUT2D eigenvalue weighted by molar-refractivity contribution is -0.0277. The molecular formula is C31H56O11. The topological polar surface area (TPSA) is 102 Å². The second kappa shape index (κ2) is 34.3. The van der Waals surface area contributed by atoms with Gasteiger partial charge in [0.05, 0.1) is 139 Å². The minimum atomic E-state index is 0.521. The molecule has 0 bridgehead atoms. The minimum absolute atomic E-state index is 0.521. The molecule has 0 amide bonds. The zero-order valence-electron chi connectivity index (χ0n) is 25.8. The van der Waals surface area contributed by atoms with E-state index in [0.29, 0.717) is 139 Å². The summed E-state index contributed by atoms with van der Waals surface area (Å²) in [7, 11) is 0. The van der Waals surface area contributed by atoms with Crippen molar-refractivity contribution in [3.63, 3.8) is 0 Å². The molecule has 0 saturated heterocycles. The average Bonchev–Trinajstić information content (AvgIpc) is 3.01. The Kier molecular flexibility index (Phi) is 31.7. The van der Waals surface area contributed by atoms with Gasteiger partial charge in [-0.3, -0.25) is 0 Å². The van der Waals surface area contributed by atoms with Crippen molar-refractivity contribution in [2.24, 2.45) is 0 Å². The number of benzene rings is 1. The number of rotatable bonds is 35. The van der Waals surface area contributed by atoms with Gasteiger partial charge in [0.2, 0.25) is 0 Å². The summed E-state index contributed by atoms with van der Waals surface area (Å²) in [5, 5.41) is 0. The molecule has 1 aromatic carbocycles. The SMILES string of the molecule is CCCCOCCOCCOCCOCCOCCOCCOCCOCCOCCOCCOCc1ccccc1. The van der Waals surface area contributed by atoms with E-state index in [2.05, 4.69) is 6.92 Å². The summed E-state index contributed by atoms with van der Waals surface area (Å²) in [5.41, 5.74) is 1.16. The second-order valence-corrected chi connectivity index (χ2v) is 9.02. The fourth-order valence-electron chi connectivity index (χ4n) is 3.21. The van der Waals surface area contributed by atoms with Gasteiger partial charge in [-0.25, -0.2) is 0 Å². The Morgan fingerprint density at radius 1 is 0.333 bits per heavy atom. The Hall–Kier alpha value is -1.22. The van der Waals surface area contributed by atoms with Gasteiger partial charge in [0, 0.05) is 6.61 Å². The van der Waals surface area contributed by atoms with Crippen LogP contribution in [-0.2, 0) is 58.7 Å². The highest BCUT2D eigenvalue weighted by Gasteiger charge is 1.97. The predicted octanol–water partition coefficient (Wildman–Crippen LogP) is 3.17. The summed E-state index contributed by atoms with van der Waals surface area (Å²) in [5.74, 6) is 0. The van der Waals surface area contributed by atoms with E-state index in [0.717, 1.165) is 25.0 Å². The molecule has 0 radical (unpaired) electrons. The van der Waals surface area contributed by atoms with Gasteiger partial charge in [-0.15, -0.1) is 0 Å². The van der Waals surface area contributed by atoms with Crippen molar-refractivity contribution < 1.29 is 52.1 Å². The highest BCUT2D eigenvalue weighted by Crippen LogP contribution is 2.00. The molecule has 0 unspecified atom stereocenters. The van der Waals surface area contributed by atoms with Gasteiger partial charge in [0.1, 0.15) is 0 Å². The molecule has 0 aliphatic rings. The molecule has 11 nitrogen and oxygen atoms in total. The first-order chi connectivity index (χ1) is 20.9. The first-order valence-corrected chi connectivity index (χ1v) is 15.3. The van der Waals surface area contributed by atoms with Crippen LogP contribution in [0.15, 0.2) is 30.3 Å². The summed E-state index contributed by atoms with van der Waals surface area (Å²) in [6.45, 7) is 14.5. The van der Waals surface area contributed by atoms with Crippen molar-refractivity contribution in [2.75, 3.05) is 139 Å². The van der Waals surface area contributed by atoms with Crippen LogP contribution in [0, 0.1) is 0 Å². The molecule has 1 rings (SSSR count). The molecule has 42 heavy (non-hydrogen) atoms. The largest absolute Gasteiger partial charge is 0.379 e. The minimum Gasteiger partial charge on any atom is -0.379 e. The zero-order valence-corrected chi connectivity index (χ0v) is 25.8. The third kappa shape index (κ3) is 30.2. The van der Waals surface area contributed by atoms with Crippen LogP contribution in [0.2, 0.25) is 0 Å². The summed E-state index contributed by atoms with van der Waals surface area (Å²) in [4.78, 5) is 0. The Labute approximate surface area is 253 Å². The summed E-state index contributed by atoms with van der Waals surface area (Å²) >= 11 is 0. The monoisotopic (exact) mass is 604 g/mol. The maximum atomic E-state index is 5.56. The maximum absolute atomic E-state index is 5.56. The molecule has 0 saturated carbocycles. The van der Waals surface area contributed by atoms with Crippen molar-refractivity contribution in [1.82, 2.24) is 0 Å². The third-order valence-electron chi connectivity index (χ3n) is 5.47. The summed E-state index contributed by atoms with van der Waals surface area (Å²) in [6, 6.07) is 10.1. The van der Waals surface area contributed by atoms with E-state index in [4.69, 9.17) is 52.1 Å². The summed E-state index contributed by atoms with van der Waals surface area (Å²) < 4.78 is 60.2. The fraction of sp³-hybridized carbons (Fsp3) is 0.806. The van der Waals surface area contributed by atoms with E-state index < -0.39 is 0 Å². The molecule has 0 heterocycles. The van der Waals surface area contributed by atoms with Crippen molar-refractivity contribution in [3.8, 4) is 0 Å². The number of ether oxygens (including phenoxy) is 11. The number of hydrogen-bond donors (Lipinski definition) is 0. The van der Waals surface area contributed by atoms with E-state index in [1.54, 1.807) is 0 Å². The average molecular weight is 605 g/mol. The highest BCUT2D eigenvalue weighted by molar-refractivity contribution is 5.13. The van der Waals surface area contributed by atoms with E-state index >= 15 is 0 Å². The lowest BCUT2D eigenvalue weighted by Crippen LogP contribution is -2.15.